The third-order valence-corrected chi connectivity index (χ3v) is 5.61. The lowest BCUT2D eigenvalue weighted by Gasteiger charge is -2.10. The van der Waals surface area contributed by atoms with Crippen molar-refractivity contribution in [3.05, 3.63) is 72.1 Å². The Labute approximate surface area is 205 Å². The van der Waals surface area contributed by atoms with Crippen LogP contribution in [0.1, 0.15) is 11.3 Å². The second-order valence-corrected chi connectivity index (χ2v) is 8.04. The van der Waals surface area contributed by atoms with Crippen molar-refractivity contribution in [1.29, 1.82) is 0 Å². The number of hydrogen-bond donors (Lipinski definition) is 3. The summed E-state index contributed by atoms with van der Waals surface area (Å²) in [4.78, 5) is 21.7. The molecule has 9 nitrogen and oxygen atoms in total. The number of halogens is 4. The maximum Gasteiger partial charge on any atom is 0.490 e. The number of hydrogen-bond acceptors (Lipinski definition) is 7. The van der Waals surface area contributed by atoms with Gasteiger partial charge in [0, 0.05) is 42.2 Å². The number of nitrogens with one attached hydrogen (secondary N) is 2. The van der Waals surface area contributed by atoms with E-state index in [2.05, 4.69) is 25.6 Å². The highest BCUT2D eigenvalue weighted by Crippen LogP contribution is 2.31. The molecule has 13 heteroatoms. The number of aliphatic carboxylic acids is 1. The molecule has 0 fully saturated rings. The molecule has 0 radical (unpaired) electrons. The number of rotatable bonds is 3. The first-order chi connectivity index (χ1) is 17.7. The van der Waals surface area contributed by atoms with E-state index < -0.39 is 18.0 Å². The van der Waals surface area contributed by atoms with Crippen LogP contribution in [0.4, 0.5) is 29.2 Å². The SMILES string of the molecule is Fc1cnc(Nc2ccc3c4c(oc3c2)CCNC4)nc1-n1cnc2ccccc21.O=C(O)C(F)(F)F. The quantitative estimate of drug-likeness (QED) is 0.296. The zero-order chi connectivity index (χ0) is 26.2. The van der Waals surface area contributed by atoms with E-state index in [4.69, 9.17) is 14.3 Å². The van der Waals surface area contributed by atoms with Gasteiger partial charge in [0.05, 0.1) is 17.2 Å². The molecule has 5 aromatic rings. The number of alkyl halides is 3. The minimum Gasteiger partial charge on any atom is -0.475 e. The molecule has 0 saturated heterocycles. The molecule has 1 aliphatic heterocycles. The molecular formula is C24H18F4N6O3. The Morgan fingerprint density at radius 3 is 2.73 bits per heavy atom. The summed E-state index contributed by atoms with van der Waals surface area (Å²) >= 11 is 0. The van der Waals surface area contributed by atoms with Crippen molar-refractivity contribution >= 4 is 39.6 Å². The van der Waals surface area contributed by atoms with E-state index in [1.54, 1.807) is 10.9 Å². The summed E-state index contributed by atoms with van der Waals surface area (Å²) in [5, 5.41) is 14.8. The number of aromatic nitrogens is 4. The zero-order valence-electron chi connectivity index (χ0n) is 18.9. The fraction of sp³-hybridized carbons (Fsp3) is 0.167. The molecule has 190 valence electrons. The van der Waals surface area contributed by atoms with Crippen LogP contribution in [0.5, 0.6) is 0 Å². The topological polar surface area (TPSA) is 118 Å². The molecule has 37 heavy (non-hydrogen) atoms. The fourth-order valence-corrected chi connectivity index (χ4v) is 3.93. The number of para-hydroxylation sites is 2. The number of anilines is 2. The van der Waals surface area contributed by atoms with Gasteiger partial charge in [0.15, 0.2) is 11.6 Å². The Morgan fingerprint density at radius 1 is 1.16 bits per heavy atom. The molecule has 0 saturated carbocycles. The molecule has 0 atom stereocenters. The van der Waals surface area contributed by atoms with Crippen LogP contribution in [0.2, 0.25) is 0 Å². The molecule has 0 amide bonds. The number of benzene rings is 2. The van der Waals surface area contributed by atoms with Crippen LogP contribution >= 0.6 is 0 Å². The Morgan fingerprint density at radius 2 is 1.95 bits per heavy atom. The molecule has 1 aliphatic rings. The zero-order valence-corrected chi connectivity index (χ0v) is 18.9. The van der Waals surface area contributed by atoms with Gasteiger partial charge in [-0.15, -0.1) is 0 Å². The smallest absolute Gasteiger partial charge is 0.475 e. The molecule has 0 spiro atoms. The van der Waals surface area contributed by atoms with Gasteiger partial charge in [-0.25, -0.2) is 19.2 Å². The molecule has 4 heterocycles. The van der Waals surface area contributed by atoms with Crippen LogP contribution in [0, 0.1) is 5.82 Å². The van der Waals surface area contributed by atoms with E-state index in [9.17, 15) is 17.6 Å². The van der Waals surface area contributed by atoms with Crippen molar-refractivity contribution in [3.8, 4) is 5.82 Å². The highest BCUT2D eigenvalue weighted by atomic mass is 19.4. The average Bonchev–Trinajstić information content (AvgIpc) is 3.46. The van der Waals surface area contributed by atoms with Crippen LogP contribution in [0.15, 0.2) is 59.4 Å². The van der Waals surface area contributed by atoms with Crippen LogP contribution in [-0.2, 0) is 17.8 Å². The summed E-state index contributed by atoms with van der Waals surface area (Å²) < 4.78 is 53.9. The first-order valence-corrected chi connectivity index (χ1v) is 11.0. The predicted molar refractivity (Wildman–Crippen MR) is 125 cm³/mol. The molecule has 6 rings (SSSR count). The normalized spacial score (nSPS) is 13.2. The maximum atomic E-state index is 14.5. The van der Waals surface area contributed by atoms with E-state index >= 15 is 0 Å². The van der Waals surface area contributed by atoms with Gasteiger partial charge in [-0.05, 0) is 24.3 Å². The van der Waals surface area contributed by atoms with Gasteiger partial charge in [0.1, 0.15) is 17.7 Å². The molecule has 2 aromatic carbocycles. The van der Waals surface area contributed by atoms with E-state index in [1.165, 1.54) is 5.56 Å². The summed E-state index contributed by atoms with van der Waals surface area (Å²) in [6.07, 6.45) is -1.47. The minimum atomic E-state index is -5.08. The summed E-state index contributed by atoms with van der Waals surface area (Å²) in [5.74, 6) is -1.81. The number of furan rings is 1. The second-order valence-electron chi connectivity index (χ2n) is 8.04. The number of carbonyl (C=O) groups is 1. The van der Waals surface area contributed by atoms with Crippen molar-refractivity contribution in [2.75, 3.05) is 11.9 Å². The lowest BCUT2D eigenvalue weighted by atomic mass is 10.1. The standard InChI is InChI=1S/C22H17FN6O.C2HF3O2/c23-16-11-25-22(28-21(16)29-12-26-17-3-1-2-4-18(17)29)27-13-5-6-14-15-10-24-8-7-19(15)30-20(14)9-13;3-2(4,5)1(6)7/h1-6,9,11-12,24H,7-8,10H2,(H,25,27,28);(H,6,7). The first kappa shape index (κ1) is 24.2. The number of carboxylic acid groups (broad SMARTS) is 1. The molecular weight excluding hydrogens is 496 g/mol. The van der Waals surface area contributed by atoms with Gasteiger partial charge in [0.2, 0.25) is 5.95 Å². The number of nitrogens with zero attached hydrogens (tertiary/aromatic N) is 4. The fourth-order valence-electron chi connectivity index (χ4n) is 3.93. The predicted octanol–water partition coefficient (Wildman–Crippen LogP) is 4.72. The first-order valence-electron chi connectivity index (χ1n) is 11.0. The van der Waals surface area contributed by atoms with Gasteiger partial charge >= 0.3 is 12.1 Å². The molecule has 0 aliphatic carbocycles. The number of carboxylic acids is 1. The summed E-state index contributed by atoms with van der Waals surface area (Å²) in [6, 6.07) is 13.4. The summed E-state index contributed by atoms with van der Waals surface area (Å²) in [7, 11) is 0. The largest absolute Gasteiger partial charge is 0.490 e. The van der Waals surface area contributed by atoms with E-state index in [0.29, 0.717) is 5.95 Å². The second kappa shape index (κ2) is 9.50. The van der Waals surface area contributed by atoms with Gasteiger partial charge in [-0.1, -0.05) is 12.1 Å². The highest BCUT2D eigenvalue weighted by molar-refractivity contribution is 5.86. The number of imidazole rings is 1. The van der Waals surface area contributed by atoms with Crippen molar-refractivity contribution in [1.82, 2.24) is 24.8 Å². The van der Waals surface area contributed by atoms with Gasteiger partial charge in [0.25, 0.3) is 0 Å². The molecule has 3 N–H and O–H groups in total. The number of fused-ring (bicyclic) bond motifs is 4. The van der Waals surface area contributed by atoms with Crippen LogP contribution in [0.3, 0.4) is 0 Å². The third-order valence-electron chi connectivity index (χ3n) is 5.61. The van der Waals surface area contributed by atoms with E-state index in [0.717, 1.165) is 59.2 Å². The van der Waals surface area contributed by atoms with Crippen molar-refractivity contribution < 1.29 is 31.9 Å². The third kappa shape index (κ3) is 4.93. The monoisotopic (exact) mass is 514 g/mol. The van der Waals surface area contributed by atoms with Crippen LogP contribution in [0.25, 0.3) is 27.8 Å². The molecule has 0 bridgehead atoms. The Kier molecular flexibility index (Phi) is 6.21. The van der Waals surface area contributed by atoms with Crippen LogP contribution in [-0.4, -0.2) is 43.3 Å². The lowest BCUT2D eigenvalue weighted by Crippen LogP contribution is -2.22. The summed E-state index contributed by atoms with van der Waals surface area (Å²) in [5.41, 5.74) is 4.35. The van der Waals surface area contributed by atoms with E-state index in [1.807, 2.05) is 42.5 Å². The highest BCUT2D eigenvalue weighted by Gasteiger charge is 2.38. The summed E-state index contributed by atoms with van der Waals surface area (Å²) in [6.45, 7) is 1.74. The Balaban J connectivity index is 0.000000355. The van der Waals surface area contributed by atoms with Crippen LogP contribution < -0.4 is 10.6 Å². The van der Waals surface area contributed by atoms with Gasteiger partial charge in [-0.2, -0.15) is 18.2 Å². The van der Waals surface area contributed by atoms with Gasteiger partial charge < -0.3 is 20.2 Å². The molecule has 3 aromatic heterocycles. The maximum absolute atomic E-state index is 14.5. The van der Waals surface area contributed by atoms with Gasteiger partial charge in [-0.3, -0.25) is 4.57 Å². The van der Waals surface area contributed by atoms with Crippen molar-refractivity contribution in [2.24, 2.45) is 0 Å². The lowest BCUT2D eigenvalue weighted by molar-refractivity contribution is -0.192. The van der Waals surface area contributed by atoms with E-state index in [-0.39, 0.29) is 5.82 Å². The Bertz CT molecular complexity index is 1610. The average molecular weight is 514 g/mol. The molecule has 0 unspecified atom stereocenters. The van der Waals surface area contributed by atoms with Crippen molar-refractivity contribution in [2.45, 2.75) is 19.1 Å². The minimum absolute atomic E-state index is 0.141. The van der Waals surface area contributed by atoms with Crippen molar-refractivity contribution in [3.63, 3.8) is 0 Å². The Hall–Kier alpha value is -4.52.